The maximum atomic E-state index is 11.6. The van der Waals surface area contributed by atoms with Gasteiger partial charge in [0, 0.05) is 0 Å². The number of H-pyrrole nitrogens is 1. The highest BCUT2D eigenvalue weighted by atomic mass is 32.1. The van der Waals surface area contributed by atoms with Gasteiger partial charge in [-0.05, 0) is 24.7 Å². The van der Waals surface area contributed by atoms with Gasteiger partial charge in [0.1, 0.15) is 0 Å². The van der Waals surface area contributed by atoms with Crippen molar-refractivity contribution in [1.82, 2.24) is 10.2 Å². The standard InChI is InChI=1S/C11H10N3OS2/c1-7-2-4-8(5-3-7)6-9(15)12-10-13-14-11(16)17-10/h2-6H,1H3,(H,14,16)(H,12,13,15). The highest BCUT2D eigenvalue weighted by molar-refractivity contribution is 7.73. The Kier molecular flexibility index (Phi) is 3.65. The molecule has 0 atom stereocenters. The lowest BCUT2D eigenvalue weighted by Crippen LogP contribution is -2.12. The third-order valence-electron chi connectivity index (χ3n) is 2.04. The molecule has 1 heterocycles. The zero-order chi connectivity index (χ0) is 12.3. The minimum Gasteiger partial charge on any atom is -0.300 e. The Morgan fingerprint density at radius 2 is 2.18 bits per heavy atom. The van der Waals surface area contributed by atoms with E-state index in [1.54, 1.807) is 0 Å². The molecule has 0 aliphatic carbocycles. The SMILES string of the molecule is Cc1ccc([CH]C(=O)Nc2n[nH]c(=S)s2)cc1. The number of aryl methyl sites for hydroxylation is 1. The summed E-state index contributed by atoms with van der Waals surface area (Å²) in [6.07, 6.45) is 1.52. The summed E-state index contributed by atoms with van der Waals surface area (Å²) in [7, 11) is 0. The summed E-state index contributed by atoms with van der Waals surface area (Å²) in [4.78, 5) is 11.6. The van der Waals surface area contributed by atoms with E-state index in [2.05, 4.69) is 15.5 Å². The van der Waals surface area contributed by atoms with Crippen LogP contribution in [0.5, 0.6) is 0 Å². The highest BCUT2D eigenvalue weighted by Gasteiger charge is 2.06. The van der Waals surface area contributed by atoms with Crippen LogP contribution < -0.4 is 5.32 Å². The Morgan fingerprint density at radius 1 is 1.47 bits per heavy atom. The Labute approximate surface area is 108 Å². The molecule has 2 N–H and O–H groups in total. The first-order chi connectivity index (χ1) is 8.13. The van der Waals surface area contributed by atoms with Crippen LogP contribution in [0.2, 0.25) is 0 Å². The second kappa shape index (κ2) is 5.20. The van der Waals surface area contributed by atoms with E-state index in [1.165, 1.54) is 17.8 Å². The molecule has 0 aliphatic heterocycles. The normalized spacial score (nSPS) is 10.2. The van der Waals surface area contributed by atoms with Crippen LogP contribution in [0.25, 0.3) is 0 Å². The summed E-state index contributed by atoms with van der Waals surface area (Å²) in [5.74, 6) is -0.216. The molecule has 1 radical (unpaired) electrons. The quantitative estimate of drug-likeness (QED) is 0.838. The molecular formula is C11H10N3OS2. The van der Waals surface area contributed by atoms with E-state index in [0.29, 0.717) is 9.09 Å². The van der Waals surface area contributed by atoms with Gasteiger partial charge in [-0.15, -0.1) is 5.10 Å². The number of carbonyl (C=O) groups is 1. The topological polar surface area (TPSA) is 57.8 Å². The number of rotatable bonds is 3. The van der Waals surface area contributed by atoms with Crippen molar-refractivity contribution in [2.45, 2.75) is 6.92 Å². The lowest BCUT2D eigenvalue weighted by molar-refractivity contribution is -0.112. The van der Waals surface area contributed by atoms with Gasteiger partial charge >= 0.3 is 0 Å². The number of benzene rings is 1. The molecule has 2 aromatic rings. The molecule has 0 spiro atoms. The first kappa shape index (κ1) is 11.9. The number of amides is 1. The summed E-state index contributed by atoms with van der Waals surface area (Å²) < 4.78 is 0.538. The van der Waals surface area contributed by atoms with Crippen LogP contribution in [0.1, 0.15) is 11.1 Å². The van der Waals surface area contributed by atoms with E-state index in [9.17, 15) is 4.79 Å². The maximum Gasteiger partial charge on any atom is 0.234 e. The predicted octanol–water partition coefficient (Wildman–Crippen LogP) is 2.70. The minimum atomic E-state index is -0.216. The lowest BCUT2D eigenvalue weighted by atomic mass is 10.1. The summed E-state index contributed by atoms with van der Waals surface area (Å²) >= 11 is 6.09. The van der Waals surface area contributed by atoms with Crippen LogP contribution in [0.3, 0.4) is 0 Å². The fraction of sp³-hybridized carbons (Fsp3) is 0.0909. The van der Waals surface area contributed by atoms with Gasteiger partial charge in [0.15, 0.2) is 3.95 Å². The molecule has 1 aromatic carbocycles. The molecule has 0 bridgehead atoms. The van der Waals surface area contributed by atoms with Crippen LogP contribution in [-0.4, -0.2) is 16.1 Å². The molecule has 17 heavy (non-hydrogen) atoms. The Bertz CT molecular complexity index is 571. The zero-order valence-electron chi connectivity index (χ0n) is 9.06. The number of carbonyl (C=O) groups excluding carboxylic acids is 1. The molecule has 6 heteroatoms. The van der Waals surface area contributed by atoms with Crippen molar-refractivity contribution in [2.75, 3.05) is 5.32 Å². The number of anilines is 1. The summed E-state index contributed by atoms with van der Waals surface area (Å²) in [6, 6.07) is 7.69. The minimum absolute atomic E-state index is 0.216. The monoisotopic (exact) mass is 264 g/mol. The molecule has 2 rings (SSSR count). The maximum absolute atomic E-state index is 11.6. The molecule has 0 aliphatic rings. The van der Waals surface area contributed by atoms with Crippen LogP contribution in [0.4, 0.5) is 5.13 Å². The largest absolute Gasteiger partial charge is 0.300 e. The van der Waals surface area contributed by atoms with Crippen LogP contribution >= 0.6 is 23.6 Å². The van der Waals surface area contributed by atoms with E-state index in [1.807, 2.05) is 31.2 Å². The van der Waals surface area contributed by atoms with Crippen molar-refractivity contribution in [3.05, 3.63) is 45.8 Å². The number of aromatic amines is 1. The van der Waals surface area contributed by atoms with Crippen molar-refractivity contribution in [3.63, 3.8) is 0 Å². The fourth-order valence-electron chi connectivity index (χ4n) is 1.24. The van der Waals surface area contributed by atoms with E-state index in [4.69, 9.17) is 12.2 Å². The molecular weight excluding hydrogens is 254 g/mol. The molecule has 0 unspecified atom stereocenters. The smallest absolute Gasteiger partial charge is 0.234 e. The van der Waals surface area contributed by atoms with Crippen molar-refractivity contribution in [2.24, 2.45) is 0 Å². The third kappa shape index (κ3) is 3.47. The summed E-state index contributed by atoms with van der Waals surface area (Å²) in [5, 5.41) is 9.57. The molecule has 0 saturated heterocycles. The molecule has 1 aromatic heterocycles. The van der Waals surface area contributed by atoms with Crippen LogP contribution in [0, 0.1) is 17.3 Å². The first-order valence-electron chi connectivity index (χ1n) is 4.91. The van der Waals surface area contributed by atoms with Crippen LogP contribution in [-0.2, 0) is 4.79 Å². The molecule has 4 nitrogen and oxygen atoms in total. The Balaban J connectivity index is 1.97. The van der Waals surface area contributed by atoms with Gasteiger partial charge in [-0.2, -0.15) is 0 Å². The number of hydrogen-bond acceptors (Lipinski definition) is 4. The van der Waals surface area contributed by atoms with Gasteiger partial charge in [-0.3, -0.25) is 9.89 Å². The second-order valence-corrected chi connectivity index (χ2v) is 5.13. The Morgan fingerprint density at radius 3 is 2.76 bits per heavy atom. The van der Waals surface area contributed by atoms with Crippen LogP contribution in [0.15, 0.2) is 24.3 Å². The average Bonchev–Trinajstić information content (AvgIpc) is 2.67. The Hall–Kier alpha value is -1.53. The molecule has 1 amide bonds. The summed E-state index contributed by atoms with van der Waals surface area (Å²) in [5.41, 5.74) is 2.01. The van der Waals surface area contributed by atoms with Crippen molar-refractivity contribution in [3.8, 4) is 0 Å². The number of nitrogens with one attached hydrogen (secondary N) is 2. The molecule has 0 saturated carbocycles. The van der Waals surface area contributed by atoms with E-state index in [0.717, 1.165) is 11.1 Å². The predicted molar refractivity (Wildman–Crippen MR) is 70.5 cm³/mol. The van der Waals surface area contributed by atoms with Gasteiger partial charge in [0.25, 0.3) is 0 Å². The van der Waals surface area contributed by atoms with E-state index in [-0.39, 0.29) is 5.91 Å². The number of nitrogens with zero attached hydrogens (tertiary/aromatic N) is 1. The lowest BCUT2D eigenvalue weighted by Gasteiger charge is -2.01. The van der Waals surface area contributed by atoms with E-state index >= 15 is 0 Å². The molecule has 87 valence electrons. The van der Waals surface area contributed by atoms with Gasteiger partial charge < -0.3 is 5.32 Å². The third-order valence-corrected chi connectivity index (χ3v) is 3.05. The number of hydrogen-bond donors (Lipinski definition) is 2. The van der Waals surface area contributed by atoms with E-state index < -0.39 is 0 Å². The van der Waals surface area contributed by atoms with Gasteiger partial charge in [-0.25, -0.2) is 0 Å². The average molecular weight is 264 g/mol. The van der Waals surface area contributed by atoms with Crippen molar-refractivity contribution in [1.29, 1.82) is 0 Å². The summed E-state index contributed by atoms with van der Waals surface area (Å²) in [6.45, 7) is 2.00. The van der Waals surface area contributed by atoms with Crippen molar-refractivity contribution < 1.29 is 4.79 Å². The second-order valence-electron chi connectivity index (χ2n) is 3.46. The zero-order valence-corrected chi connectivity index (χ0v) is 10.7. The van der Waals surface area contributed by atoms with Crippen molar-refractivity contribution >= 4 is 34.6 Å². The van der Waals surface area contributed by atoms with Gasteiger partial charge in [-0.1, -0.05) is 41.2 Å². The van der Waals surface area contributed by atoms with Gasteiger partial charge in [0.05, 0.1) is 6.42 Å². The van der Waals surface area contributed by atoms with Gasteiger partial charge in [0.2, 0.25) is 11.0 Å². The fourth-order valence-corrected chi connectivity index (χ4v) is 2.03. The molecule has 0 fully saturated rings. The number of aromatic nitrogens is 2. The highest BCUT2D eigenvalue weighted by Crippen LogP contribution is 2.12. The first-order valence-corrected chi connectivity index (χ1v) is 6.14.